The first-order valence-electron chi connectivity index (χ1n) is 7.26. The molecule has 2 rings (SSSR count). The Hall–Kier alpha value is -0.600. The monoisotopic (exact) mass is 283 g/mol. The average molecular weight is 284 g/mol. The fourth-order valence-corrected chi connectivity index (χ4v) is 2.74. The molecule has 1 aliphatic carbocycles. The van der Waals surface area contributed by atoms with Gasteiger partial charge in [0.15, 0.2) is 0 Å². The van der Waals surface area contributed by atoms with E-state index in [9.17, 15) is 4.39 Å². The molecule has 0 amide bonds. The third kappa shape index (κ3) is 3.93. The van der Waals surface area contributed by atoms with Gasteiger partial charge in [0.1, 0.15) is 5.82 Å². The standard InChI is InChI=1S/C16H23ClFN/c1-3-16(4-2,11-19-14-6-7-14)10-12-9-13(17)5-8-15(12)18/h5,8-9,14,19H,3-4,6-7,10-11H2,1-2H3. The summed E-state index contributed by atoms with van der Waals surface area (Å²) >= 11 is 5.99. The van der Waals surface area contributed by atoms with E-state index in [0.29, 0.717) is 11.1 Å². The second-order valence-electron chi connectivity index (χ2n) is 5.77. The summed E-state index contributed by atoms with van der Waals surface area (Å²) in [5.41, 5.74) is 0.877. The Labute approximate surface area is 120 Å². The molecule has 106 valence electrons. The van der Waals surface area contributed by atoms with E-state index < -0.39 is 0 Å². The van der Waals surface area contributed by atoms with Gasteiger partial charge < -0.3 is 5.32 Å². The van der Waals surface area contributed by atoms with Crippen molar-refractivity contribution in [1.82, 2.24) is 5.32 Å². The second kappa shape index (κ2) is 6.23. The van der Waals surface area contributed by atoms with Gasteiger partial charge in [-0.05, 0) is 61.3 Å². The van der Waals surface area contributed by atoms with Crippen molar-refractivity contribution in [3.05, 3.63) is 34.6 Å². The molecule has 0 saturated heterocycles. The van der Waals surface area contributed by atoms with Crippen LogP contribution in [0.25, 0.3) is 0 Å². The van der Waals surface area contributed by atoms with Crippen LogP contribution < -0.4 is 5.32 Å². The third-order valence-corrected chi connectivity index (χ3v) is 4.65. The van der Waals surface area contributed by atoms with Gasteiger partial charge in [0.2, 0.25) is 0 Å². The van der Waals surface area contributed by atoms with Crippen molar-refractivity contribution in [1.29, 1.82) is 0 Å². The summed E-state index contributed by atoms with van der Waals surface area (Å²) in [6, 6.07) is 5.56. The van der Waals surface area contributed by atoms with E-state index in [1.165, 1.54) is 18.9 Å². The molecule has 1 N–H and O–H groups in total. The maximum atomic E-state index is 13.9. The molecule has 0 aliphatic heterocycles. The molecule has 0 spiro atoms. The number of hydrogen-bond acceptors (Lipinski definition) is 1. The highest BCUT2D eigenvalue weighted by atomic mass is 35.5. The zero-order valence-electron chi connectivity index (χ0n) is 11.8. The summed E-state index contributed by atoms with van der Waals surface area (Å²) in [5, 5.41) is 4.22. The molecule has 0 aromatic heterocycles. The van der Waals surface area contributed by atoms with Crippen molar-refractivity contribution in [2.45, 2.75) is 52.0 Å². The molecule has 1 nitrogen and oxygen atoms in total. The number of hydrogen-bond donors (Lipinski definition) is 1. The molecule has 1 aromatic rings. The van der Waals surface area contributed by atoms with Gasteiger partial charge in [-0.2, -0.15) is 0 Å². The lowest BCUT2D eigenvalue weighted by molar-refractivity contribution is 0.243. The zero-order valence-corrected chi connectivity index (χ0v) is 12.6. The van der Waals surface area contributed by atoms with Crippen molar-refractivity contribution in [3.63, 3.8) is 0 Å². The number of rotatable bonds is 7. The molecular formula is C16H23ClFN. The van der Waals surface area contributed by atoms with Gasteiger partial charge in [-0.1, -0.05) is 25.4 Å². The predicted molar refractivity (Wildman–Crippen MR) is 79.2 cm³/mol. The molecule has 0 bridgehead atoms. The van der Waals surface area contributed by atoms with Gasteiger partial charge >= 0.3 is 0 Å². The molecular weight excluding hydrogens is 261 g/mol. The highest BCUT2D eigenvalue weighted by molar-refractivity contribution is 6.30. The van der Waals surface area contributed by atoms with Crippen molar-refractivity contribution < 1.29 is 4.39 Å². The van der Waals surface area contributed by atoms with Crippen LogP contribution in [0.2, 0.25) is 5.02 Å². The van der Waals surface area contributed by atoms with Crippen molar-refractivity contribution >= 4 is 11.6 Å². The molecule has 19 heavy (non-hydrogen) atoms. The molecule has 0 atom stereocenters. The molecule has 0 radical (unpaired) electrons. The summed E-state index contributed by atoms with van der Waals surface area (Å²) in [4.78, 5) is 0. The minimum atomic E-state index is -0.137. The average Bonchev–Trinajstić information content (AvgIpc) is 3.23. The molecule has 1 aliphatic rings. The highest BCUT2D eigenvalue weighted by Gasteiger charge is 2.30. The Morgan fingerprint density at radius 3 is 2.58 bits per heavy atom. The Kier molecular flexibility index (Phi) is 4.86. The first kappa shape index (κ1) is 14.8. The molecule has 0 heterocycles. The Balaban J connectivity index is 2.11. The SMILES string of the molecule is CCC(CC)(CNC1CC1)Cc1cc(Cl)ccc1F. The molecule has 1 fully saturated rings. The summed E-state index contributed by atoms with van der Waals surface area (Å²) in [6.07, 6.45) is 5.43. The zero-order chi connectivity index (χ0) is 13.9. The molecule has 3 heteroatoms. The van der Waals surface area contributed by atoms with Crippen LogP contribution in [0.4, 0.5) is 4.39 Å². The maximum absolute atomic E-state index is 13.9. The van der Waals surface area contributed by atoms with Crippen LogP contribution in [-0.4, -0.2) is 12.6 Å². The minimum absolute atomic E-state index is 0.133. The summed E-state index contributed by atoms with van der Waals surface area (Å²) in [7, 11) is 0. The van der Waals surface area contributed by atoms with Crippen LogP contribution in [0.3, 0.4) is 0 Å². The van der Waals surface area contributed by atoms with Gasteiger partial charge in [0, 0.05) is 17.6 Å². The predicted octanol–water partition coefficient (Wildman–Crippen LogP) is 4.58. The van der Waals surface area contributed by atoms with Gasteiger partial charge in [-0.25, -0.2) is 4.39 Å². The Morgan fingerprint density at radius 2 is 2.00 bits per heavy atom. The lowest BCUT2D eigenvalue weighted by Crippen LogP contribution is -2.36. The van der Waals surface area contributed by atoms with Crippen LogP contribution in [0.5, 0.6) is 0 Å². The minimum Gasteiger partial charge on any atom is -0.313 e. The van der Waals surface area contributed by atoms with Crippen LogP contribution in [-0.2, 0) is 6.42 Å². The van der Waals surface area contributed by atoms with Crippen molar-refractivity contribution in [2.24, 2.45) is 5.41 Å². The lowest BCUT2D eigenvalue weighted by Gasteiger charge is -2.32. The quantitative estimate of drug-likeness (QED) is 0.772. The third-order valence-electron chi connectivity index (χ3n) is 4.42. The summed E-state index contributed by atoms with van der Waals surface area (Å²) < 4.78 is 13.9. The van der Waals surface area contributed by atoms with Gasteiger partial charge in [0.05, 0.1) is 0 Å². The van der Waals surface area contributed by atoms with E-state index in [1.54, 1.807) is 12.1 Å². The molecule has 0 unspecified atom stereocenters. The van der Waals surface area contributed by atoms with Gasteiger partial charge in [-0.3, -0.25) is 0 Å². The molecule has 1 saturated carbocycles. The second-order valence-corrected chi connectivity index (χ2v) is 6.21. The fraction of sp³-hybridized carbons (Fsp3) is 0.625. The lowest BCUT2D eigenvalue weighted by atomic mass is 9.76. The van der Waals surface area contributed by atoms with Gasteiger partial charge in [0.25, 0.3) is 0 Å². The van der Waals surface area contributed by atoms with Crippen LogP contribution >= 0.6 is 11.6 Å². The number of halogens is 2. The van der Waals surface area contributed by atoms with E-state index in [0.717, 1.165) is 31.4 Å². The number of benzene rings is 1. The largest absolute Gasteiger partial charge is 0.313 e. The van der Waals surface area contributed by atoms with Gasteiger partial charge in [-0.15, -0.1) is 0 Å². The molecule has 1 aromatic carbocycles. The smallest absolute Gasteiger partial charge is 0.126 e. The topological polar surface area (TPSA) is 12.0 Å². The normalized spacial score (nSPS) is 15.8. The van der Waals surface area contributed by atoms with E-state index >= 15 is 0 Å². The maximum Gasteiger partial charge on any atom is 0.126 e. The van der Waals surface area contributed by atoms with Crippen LogP contribution in [0.1, 0.15) is 45.1 Å². The van der Waals surface area contributed by atoms with Crippen LogP contribution in [0.15, 0.2) is 18.2 Å². The number of nitrogens with one attached hydrogen (secondary N) is 1. The highest BCUT2D eigenvalue weighted by Crippen LogP contribution is 2.33. The van der Waals surface area contributed by atoms with Crippen LogP contribution in [0, 0.1) is 11.2 Å². The fourth-order valence-electron chi connectivity index (χ4n) is 2.54. The Bertz CT molecular complexity index is 425. The summed E-state index contributed by atoms with van der Waals surface area (Å²) in [5.74, 6) is -0.137. The first-order valence-corrected chi connectivity index (χ1v) is 7.63. The van der Waals surface area contributed by atoms with E-state index in [-0.39, 0.29) is 11.2 Å². The summed E-state index contributed by atoms with van der Waals surface area (Å²) in [6.45, 7) is 5.36. The Morgan fingerprint density at radius 1 is 1.32 bits per heavy atom. The first-order chi connectivity index (χ1) is 9.08. The van der Waals surface area contributed by atoms with E-state index in [4.69, 9.17) is 11.6 Å². The van der Waals surface area contributed by atoms with Crippen molar-refractivity contribution in [3.8, 4) is 0 Å². The van der Waals surface area contributed by atoms with Crippen molar-refractivity contribution in [2.75, 3.05) is 6.54 Å². The van der Waals surface area contributed by atoms with E-state index in [1.807, 2.05) is 0 Å². The van der Waals surface area contributed by atoms with E-state index in [2.05, 4.69) is 19.2 Å².